The summed E-state index contributed by atoms with van der Waals surface area (Å²) in [5, 5.41) is 25.9. The van der Waals surface area contributed by atoms with Gasteiger partial charge in [-0.25, -0.2) is 9.59 Å². The van der Waals surface area contributed by atoms with Crippen LogP contribution in [0, 0.1) is 0 Å². The molecule has 0 radical (unpaired) electrons. The number of unbranched alkanes of at least 4 members (excludes halogenated alkanes) is 8. The Hall–Kier alpha value is -3.22. The minimum Gasteiger partial charge on any atom is -0.480 e. The van der Waals surface area contributed by atoms with Gasteiger partial charge in [-0.1, -0.05) is 58.3 Å². The molecule has 4 atom stereocenters. The van der Waals surface area contributed by atoms with Crippen molar-refractivity contribution in [2.24, 2.45) is 11.5 Å². The lowest BCUT2D eigenvalue weighted by Crippen LogP contribution is -2.50. The molecule has 0 spiro atoms. The number of hydrogen-bond acceptors (Lipinski definition) is 7. The number of nitrogens with one attached hydrogen (secondary N) is 3. The minimum atomic E-state index is -1.41. The maximum absolute atomic E-state index is 12.4. The zero-order valence-electron chi connectivity index (χ0n) is 23.9. The molecule has 0 fully saturated rings. The van der Waals surface area contributed by atoms with Crippen LogP contribution in [0.4, 0.5) is 0 Å². The van der Waals surface area contributed by atoms with Gasteiger partial charge in [-0.15, -0.1) is 0 Å². The summed E-state index contributed by atoms with van der Waals surface area (Å²) in [6.07, 6.45) is 9.99. The van der Waals surface area contributed by atoms with Crippen LogP contribution in [0.25, 0.3) is 0 Å². The highest BCUT2D eigenvalue weighted by molar-refractivity contribution is 5.90. The molecule has 0 aliphatic rings. The molecule has 0 saturated heterocycles. The molecule has 0 aromatic heterocycles. The molecule has 0 saturated carbocycles. The Bertz CT molecular complexity index is 823. The van der Waals surface area contributed by atoms with E-state index >= 15 is 0 Å². The van der Waals surface area contributed by atoms with E-state index in [4.69, 9.17) is 11.5 Å². The number of nitrogens with two attached hydrogens (primary N) is 2. The van der Waals surface area contributed by atoms with Crippen molar-refractivity contribution in [3.05, 3.63) is 0 Å². The first-order chi connectivity index (χ1) is 18.9. The third-order valence-corrected chi connectivity index (χ3v) is 6.56. The number of rotatable bonds is 24. The maximum Gasteiger partial charge on any atom is 0.326 e. The van der Waals surface area contributed by atoms with Crippen molar-refractivity contribution in [1.29, 1.82) is 0 Å². The lowest BCUT2D eigenvalue weighted by Gasteiger charge is -2.19. The van der Waals surface area contributed by atoms with Gasteiger partial charge in [0.2, 0.25) is 23.6 Å². The topological polar surface area (TPSA) is 231 Å². The molecular weight excluding hydrogens is 522 g/mol. The molecule has 9 N–H and O–H groups in total. The fourth-order valence-corrected chi connectivity index (χ4v) is 4.01. The van der Waals surface area contributed by atoms with Gasteiger partial charge in [0.05, 0.1) is 6.04 Å². The van der Waals surface area contributed by atoms with Crippen molar-refractivity contribution in [2.45, 2.75) is 134 Å². The lowest BCUT2D eigenvalue weighted by molar-refractivity contribution is -0.143. The van der Waals surface area contributed by atoms with E-state index in [1.807, 2.05) is 0 Å². The highest BCUT2D eigenvalue weighted by Gasteiger charge is 2.26. The maximum atomic E-state index is 12.4. The predicted octanol–water partition coefficient (Wildman–Crippen LogP) is 1.31. The van der Waals surface area contributed by atoms with Gasteiger partial charge in [0.25, 0.3) is 0 Å². The number of carbonyl (C=O) groups is 6. The van der Waals surface area contributed by atoms with Gasteiger partial charge in [0.15, 0.2) is 0 Å². The highest BCUT2D eigenvalue weighted by atomic mass is 16.4. The quantitative estimate of drug-likeness (QED) is 0.0826. The van der Waals surface area contributed by atoms with E-state index in [-0.39, 0.29) is 44.4 Å². The van der Waals surface area contributed by atoms with Crippen molar-refractivity contribution < 1.29 is 39.0 Å². The molecule has 0 unspecified atom stereocenters. The third-order valence-electron chi connectivity index (χ3n) is 6.56. The van der Waals surface area contributed by atoms with E-state index in [0.717, 1.165) is 19.3 Å². The van der Waals surface area contributed by atoms with Gasteiger partial charge in [-0.3, -0.25) is 19.2 Å². The number of carbonyl (C=O) groups excluding carboxylic acids is 4. The van der Waals surface area contributed by atoms with Crippen LogP contribution in [-0.4, -0.2) is 69.9 Å². The first-order valence-electron chi connectivity index (χ1n) is 14.3. The summed E-state index contributed by atoms with van der Waals surface area (Å²) in [6.45, 7) is 3.62. The van der Waals surface area contributed by atoms with Gasteiger partial charge < -0.3 is 37.6 Å². The van der Waals surface area contributed by atoms with E-state index in [0.29, 0.717) is 6.42 Å². The van der Waals surface area contributed by atoms with Crippen LogP contribution >= 0.6 is 0 Å². The normalized spacial score (nSPS) is 13.9. The first kappa shape index (κ1) is 36.8. The molecule has 0 rings (SSSR count). The lowest BCUT2D eigenvalue weighted by atomic mass is 10.0. The zero-order valence-corrected chi connectivity index (χ0v) is 23.9. The predicted molar refractivity (Wildman–Crippen MR) is 149 cm³/mol. The van der Waals surface area contributed by atoms with Gasteiger partial charge in [-0.05, 0) is 39.0 Å². The van der Waals surface area contributed by atoms with Crippen molar-refractivity contribution >= 4 is 35.6 Å². The summed E-state index contributed by atoms with van der Waals surface area (Å²) in [4.78, 5) is 70.9. The average molecular weight is 572 g/mol. The SMILES string of the molecule is CCCCCCCCCCCC(=O)N[C@H](C)C(=O)N[C@@H](CCC(=O)N[C@H](CCC[C@H](N)C(N)=O)C(=O)O)C(=O)O. The number of amides is 4. The summed E-state index contributed by atoms with van der Waals surface area (Å²) in [5.41, 5.74) is 10.6. The molecule has 0 heterocycles. The molecule has 40 heavy (non-hydrogen) atoms. The summed E-state index contributed by atoms with van der Waals surface area (Å²) in [6, 6.07) is -4.56. The molecule has 13 heteroatoms. The summed E-state index contributed by atoms with van der Waals surface area (Å²) in [7, 11) is 0. The first-order valence-corrected chi connectivity index (χ1v) is 14.3. The van der Waals surface area contributed by atoms with Crippen molar-refractivity contribution in [3.63, 3.8) is 0 Å². The standard InChI is InChI=1S/C27H49N5O8/c1-3-4-5-6-7-8-9-10-11-15-22(33)30-18(2)25(36)32-21(27(39)40)16-17-23(34)31-20(26(37)38)14-12-13-19(28)24(29)35/h18-21H,3-17,28H2,1-2H3,(H2,29,35)(H,30,33)(H,31,34)(H,32,36)(H,37,38)(H,39,40)/t18-,19+,20-,21+/m1/s1. The van der Waals surface area contributed by atoms with Crippen LogP contribution in [0.1, 0.15) is 110 Å². The van der Waals surface area contributed by atoms with Crippen molar-refractivity contribution in [2.75, 3.05) is 0 Å². The molecule has 0 aromatic carbocycles. The van der Waals surface area contributed by atoms with Crippen molar-refractivity contribution in [3.8, 4) is 0 Å². The van der Waals surface area contributed by atoms with Gasteiger partial charge in [0.1, 0.15) is 18.1 Å². The molecule has 13 nitrogen and oxygen atoms in total. The van der Waals surface area contributed by atoms with Gasteiger partial charge in [0, 0.05) is 12.8 Å². The largest absolute Gasteiger partial charge is 0.480 e. The second-order valence-corrected chi connectivity index (χ2v) is 10.2. The van der Waals surface area contributed by atoms with E-state index in [9.17, 15) is 39.0 Å². The van der Waals surface area contributed by atoms with Gasteiger partial charge in [-0.2, -0.15) is 0 Å². The Kier molecular flexibility index (Phi) is 19.8. The van der Waals surface area contributed by atoms with E-state index in [1.165, 1.54) is 39.0 Å². The fourth-order valence-electron chi connectivity index (χ4n) is 4.01. The Morgan fingerprint density at radius 1 is 0.650 bits per heavy atom. The van der Waals surface area contributed by atoms with Crippen LogP contribution in [0.2, 0.25) is 0 Å². The van der Waals surface area contributed by atoms with E-state index < -0.39 is 53.8 Å². The minimum absolute atomic E-state index is 0.00257. The molecular formula is C27H49N5O8. The Balaban J connectivity index is 4.45. The monoisotopic (exact) mass is 571 g/mol. The molecule has 0 bridgehead atoms. The molecule has 230 valence electrons. The summed E-state index contributed by atoms with van der Waals surface area (Å²) in [5.74, 6) is -5.10. The fraction of sp³-hybridized carbons (Fsp3) is 0.778. The van der Waals surface area contributed by atoms with Crippen LogP contribution in [0.15, 0.2) is 0 Å². The number of aliphatic carboxylic acids is 2. The second-order valence-electron chi connectivity index (χ2n) is 10.2. The summed E-state index contributed by atoms with van der Waals surface area (Å²) < 4.78 is 0. The Morgan fingerprint density at radius 2 is 1.15 bits per heavy atom. The molecule has 0 aliphatic heterocycles. The number of hydrogen-bond donors (Lipinski definition) is 7. The molecule has 0 aliphatic carbocycles. The molecule has 4 amide bonds. The Labute approximate surface area is 236 Å². The number of carboxylic acids is 2. The Morgan fingerprint density at radius 3 is 1.68 bits per heavy atom. The number of primary amides is 1. The smallest absolute Gasteiger partial charge is 0.326 e. The van der Waals surface area contributed by atoms with E-state index in [1.54, 1.807) is 0 Å². The summed E-state index contributed by atoms with van der Waals surface area (Å²) >= 11 is 0. The van der Waals surface area contributed by atoms with E-state index in [2.05, 4.69) is 22.9 Å². The van der Waals surface area contributed by atoms with Crippen molar-refractivity contribution in [1.82, 2.24) is 16.0 Å². The average Bonchev–Trinajstić information content (AvgIpc) is 2.88. The van der Waals surface area contributed by atoms with Crippen LogP contribution in [-0.2, 0) is 28.8 Å². The number of carboxylic acid groups (broad SMARTS) is 2. The highest BCUT2D eigenvalue weighted by Crippen LogP contribution is 2.11. The second kappa shape index (κ2) is 21.6. The molecule has 0 aromatic rings. The van der Waals surface area contributed by atoms with Crippen LogP contribution in [0.3, 0.4) is 0 Å². The van der Waals surface area contributed by atoms with Gasteiger partial charge >= 0.3 is 11.9 Å². The van der Waals surface area contributed by atoms with Crippen LogP contribution < -0.4 is 27.4 Å². The zero-order chi connectivity index (χ0) is 30.5. The van der Waals surface area contributed by atoms with Crippen LogP contribution in [0.5, 0.6) is 0 Å². The third kappa shape index (κ3) is 18.1.